The molecule has 4 nitrogen and oxygen atoms in total. The van der Waals surface area contributed by atoms with Gasteiger partial charge in [0.2, 0.25) is 0 Å². The Balaban J connectivity index is 0.000000650. The van der Waals surface area contributed by atoms with E-state index >= 15 is 0 Å². The molecular weight excluding hydrogens is 597 g/mol. The van der Waals surface area contributed by atoms with Gasteiger partial charge in [-0.15, -0.1) is 0 Å². The third-order valence-corrected chi connectivity index (χ3v) is 10.6. The zero-order chi connectivity index (χ0) is 36.6. The van der Waals surface area contributed by atoms with Crippen LogP contribution >= 0.6 is 0 Å². The lowest BCUT2D eigenvalue weighted by atomic mass is 9.80. The Hall–Kier alpha value is -3.40. The van der Waals surface area contributed by atoms with E-state index in [-0.39, 0.29) is 6.04 Å². The number of aryl methyl sites for hydroxylation is 3. The van der Waals surface area contributed by atoms with Gasteiger partial charge in [0.15, 0.2) is 0 Å². The molecule has 49 heavy (non-hydrogen) atoms. The fourth-order valence-electron chi connectivity index (χ4n) is 6.68. The minimum absolute atomic E-state index is 0.104. The summed E-state index contributed by atoms with van der Waals surface area (Å²) in [5.74, 6) is 1.57. The van der Waals surface area contributed by atoms with Gasteiger partial charge in [-0.25, -0.2) is 0 Å². The van der Waals surface area contributed by atoms with Crippen LogP contribution in [0.25, 0.3) is 0 Å². The largest absolute Gasteiger partial charge is 0.402 e. The molecule has 0 saturated carbocycles. The second-order valence-electron chi connectivity index (χ2n) is 15.7. The minimum Gasteiger partial charge on any atom is -0.402 e. The number of nitrogens with one attached hydrogen (secondary N) is 2. The Kier molecular flexibility index (Phi) is 17.9. The second kappa shape index (κ2) is 21.0. The molecule has 2 aromatic carbocycles. The third-order valence-electron chi connectivity index (χ3n) is 10.6. The average molecular weight is 669 g/mol. The van der Waals surface area contributed by atoms with E-state index in [9.17, 15) is 0 Å². The van der Waals surface area contributed by atoms with E-state index in [4.69, 9.17) is 5.73 Å². The molecule has 4 heteroatoms. The zero-order valence-corrected chi connectivity index (χ0v) is 32.8. The topological polar surface area (TPSA) is 53.3 Å². The Morgan fingerprint density at radius 1 is 0.980 bits per heavy atom. The summed E-state index contributed by atoms with van der Waals surface area (Å²) in [6.45, 7) is 38.1. The first-order chi connectivity index (χ1) is 23.1. The highest BCUT2D eigenvalue weighted by molar-refractivity contribution is 5.31. The van der Waals surface area contributed by atoms with Gasteiger partial charge in [0.25, 0.3) is 0 Å². The van der Waals surface area contributed by atoms with Gasteiger partial charge >= 0.3 is 0 Å². The molecular formula is C45H72N4. The van der Waals surface area contributed by atoms with Crippen molar-refractivity contribution < 1.29 is 0 Å². The predicted molar refractivity (Wildman–Crippen MR) is 216 cm³/mol. The van der Waals surface area contributed by atoms with Crippen molar-refractivity contribution in [3.63, 3.8) is 0 Å². The predicted octanol–water partition coefficient (Wildman–Crippen LogP) is 11.0. The average Bonchev–Trinajstić information content (AvgIpc) is 3.07. The summed E-state index contributed by atoms with van der Waals surface area (Å²) < 4.78 is 0. The molecule has 1 heterocycles. The van der Waals surface area contributed by atoms with Crippen LogP contribution in [0.5, 0.6) is 0 Å². The quantitative estimate of drug-likeness (QED) is 0.139. The van der Waals surface area contributed by atoms with Gasteiger partial charge in [-0.05, 0) is 92.7 Å². The Labute approximate surface area is 302 Å². The summed E-state index contributed by atoms with van der Waals surface area (Å²) >= 11 is 0. The van der Waals surface area contributed by atoms with Crippen LogP contribution in [0.15, 0.2) is 97.6 Å². The third kappa shape index (κ3) is 15.4. The van der Waals surface area contributed by atoms with Gasteiger partial charge < -0.3 is 21.3 Å². The standard InChI is InChI=1S/C35H51N3.C10H21N/c1-8-13-33-16-12-21-38(25-33)29(5)23-28(4)30(6)37-35(20-19-32-14-10-9-11-15-32)31(7)36-24-34-22-26(2)17-18-27(34)3;1-6-10(4,5)7-8(2)9(3)11/h9-11,14-15,17-18,22,28,33,35-37H,5-8,12-13,16,19-21,23-25H2,1-4H3;8H,3,6-7,11H2,1-2,4-5H3. The SMILES string of the molecule is C=C(N)C(C)CC(C)(C)CC.C=C(NC(CCc1ccccc1)C(=C)NCc1cc(C)ccc1C)C(C)CC(=C)N1CCCC(CCC)C1. The number of benzene rings is 2. The van der Waals surface area contributed by atoms with E-state index < -0.39 is 0 Å². The van der Waals surface area contributed by atoms with Gasteiger partial charge in [-0.2, -0.15) is 0 Å². The van der Waals surface area contributed by atoms with Gasteiger partial charge in [0.05, 0.1) is 6.04 Å². The maximum absolute atomic E-state index is 5.60. The number of rotatable bonds is 19. The lowest BCUT2D eigenvalue weighted by molar-refractivity contribution is 0.200. The van der Waals surface area contributed by atoms with E-state index in [1.165, 1.54) is 60.1 Å². The number of nitrogens with zero attached hydrogens (tertiary/aromatic N) is 1. The molecule has 0 bridgehead atoms. The lowest BCUT2D eigenvalue weighted by Crippen LogP contribution is -2.38. The van der Waals surface area contributed by atoms with Gasteiger partial charge in [-0.1, -0.05) is 135 Å². The highest BCUT2D eigenvalue weighted by Crippen LogP contribution is 2.30. The maximum atomic E-state index is 5.60. The highest BCUT2D eigenvalue weighted by atomic mass is 15.1. The lowest BCUT2D eigenvalue weighted by Gasteiger charge is -2.37. The van der Waals surface area contributed by atoms with Crippen LogP contribution in [-0.2, 0) is 13.0 Å². The molecule has 2 aromatic rings. The molecule has 1 fully saturated rings. The van der Waals surface area contributed by atoms with E-state index in [0.717, 1.165) is 68.3 Å². The smallest absolute Gasteiger partial charge is 0.0654 e. The fourth-order valence-corrected chi connectivity index (χ4v) is 6.68. The van der Waals surface area contributed by atoms with Crippen LogP contribution < -0.4 is 16.4 Å². The van der Waals surface area contributed by atoms with Crippen molar-refractivity contribution in [2.75, 3.05) is 13.1 Å². The van der Waals surface area contributed by atoms with Crippen LogP contribution in [0, 0.1) is 37.0 Å². The number of likely N-dealkylation sites (tertiary alicyclic amines) is 1. The first-order valence-corrected chi connectivity index (χ1v) is 19.0. The van der Waals surface area contributed by atoms with Gasteiger partial charge in [-0.3, -0.25) is 0 Å². The first kappa shape index (κ1) is 41.8. The molecule has 0 amide bonds. The van der Waals surface area contributed by atoms with Crippen LogP contribution in [0.3, 0.4) is 0 Å². The maximum Gasteiger partial charge on any atom is 0.0654 e. The van der Waals surface area contributed by atoms with Gasteiger partial charge in [0, 0.05) is 48.3 Å². The molecule has 272 valence electrons. The summed E-state index contributed by atoms with van der Waals surface area (Å²) in [4.78, 5) is 2.53. The summed E-state index contributed by atoms with van der Waals surface area (Å²) in [5, 5.41) is 7.40. The molecule has 4 unspecified atom stereocenters. The van der Waals surface area contributed by atoms with Crippen molar-refractivity contribution in [3.05, 3.63) is 120 Å². The number of piperidine rings is 1. The molecule has 4 N–H and O–H groups in total. The Morgan fingerprint density at radius 2 is 1.67 bits per heavy atom. The fraction of sp³-hybridized carbons (Fsp3) is 0.556. The number of hydrogen-bond acceptors (Lipinski definition) is 4. The van der Waals surface area contributed by atoms with Crippen molar-refractivity contribution >= 4 is 0 Å². The summed E-state index contributed by atoms with van der Waals surface area (Å²) in [5.41, 5.74) is 15.4. The number of allylic oxidation sites excluding steroid dienone is 3. The van der Waals surface area contributed by atoms with Crippen LogP contribution in [0.1, 0.15) is 115 Å². The zero-order valence-electron chi connectivity index (χ0n) is 32.8. The van der Waals surface area contributed by atoms with Crippen LogP contribution in [-0.4, -0.2) is 24.0 Å². The minimum atomic E-state index is 0.104. The molecule has 0 radical (unpaired) electrons. The molecule has 1 saturated heterocycles. The molecule has 1 aliphatic heterocycles. The molecule has 0 aliphatic carbocycles. The Morgan fingerprint density at radius 3 is 2.31 bits per heavy atom. The Bertz CT molecular complexity index is 1320. The van der Waals surface area contributed by atoms with Crippen molar-refractivity contribution in [2.24, 2.45) is 28.9 Å². The molecule has 1 aliphatic rings. The van der Waals surface area contributed by atoms with E-state index in [1.54, 1.807) is 0 Å². The van der Waals surface area contributed by atoms with Gasteiger partial charge in [0.1, 0.15) is 0 Å². The van der Waals surface area contributed by atoms with E-state index in [0.29, 0.717) is 17.3 Å². The number of hydrogen-bond donors (Lipinski definition) is 3. The first-order valence-electron chi connectivity index (χ1n) is 19.0. The molecule has 4 atom stereocenters. The summed E-state index contributed by atoms with van der Waals surface area (Å²) in [7, 11) is 0. The van der Waals surface area contributed by atoms with E-state index in [1.807, 2.05) is 0 Å². The van der Waals surface area contributed by atoms with Crippen molar-refractivity contribution in [3.8, 4) is 0 Å². The summed E-state index contributed by atoms with van der Waals surface area (Å²) in [6.07, 6.45) is 10.5. The molecule has 0 spiro atoms. The van der Waals surface area contributed by atoms with E-state index in [2.05, 4.69) is 146 Å². The van der Waals surface area contributed by atoms with Crippen molar-refractivity contribution in [2.45, 2.75) is 126 Å². The molecule has 3 rings (SSSR count). The number of nitrogens with two attached hydrogens (primary N) is 1. The monoisotopic (exact) mass is 669 g/mol. The highest BCUT2D eigenvalue weighted by Gasteiger charge is 2.23. The van der Waals surface area contributed by atoms with Crippen molar-refractivity contribution in [1.29, 1.82) is 0 Å². The summed E-state index contributed by atoms with van der Waals surface area (Å²) in [6, 6.07) is 17.5. The normalized spacial score (nSPS) is 16.4. The van der Waals surface area contributed by atoms with Crippen LogP contribution in [0.2, 0.25) is 0 Å². The molecule has 0 aromatic heterocycles. The van der Waals surface area contributed by atoms with Crippen LogP contribution in [0.4, 0.5) is 0 Å². The van der Waals surface area contributed by atoms with Crippen molar-refractivity contribution in [1.82, 2.24) is 15.5 Å². The second-order valence-corrected chi connectivity index (χ2v) is 15.7.